The van der Waals surface area contributed by atoms with E-state index in [1.54, 1.807) is 0 Å². The van der Waals surface area contributed by atoms with Gasteiger partial charge in [0.25, 0.3) is 0 Å². The van der Waals surface area contributed by atoms with Crippen LogP contribution >= 0.6 is 0 Å². The van der Waals surface area contributed by atoms with E-state index in [0.29, 0.717) is 11.5 Å². The lowest BCUT2D eigenvalue weighted by Gasteiger charge is -2.14. The van der Waals surface area contributed by atoms with E-state index in [9.17, 15) is 9.59 Å². The maximum Gasteiger partial charge on any atom is 0.317 e. The lowest BCUT2D eigenvalue weighted by Crippen LogP contribution is -2.18. The summed E-state index contributed by atoms with van der Waals surface area (Å²) in [4.78, 5) is 65.4. The molecule has 0 amide bonds. The molecular weight excluding hydrogens is 1570 g/mol. The monoisotopic (exact) mass is 1670 g/mol. The predicted octanol–water partition coefficient (Wildman–Crippen LogP) is 27.4. The van der Waals surface area contributed by atoms with Crippen molar-refractivity contribution in [2.24, 2.45) is 0 Å². The topological polar surface area (TPSA) is 186 Å². The number of fused-ring (bicyclic) bond motifs is 16. The first kappa shape index (κ1) is 83.4. The molecule has 18 rings (SSSR count). The van der Waals surface area contributed by atoms with Crippen molar-refractivity contribution in [3.05, 3.63) is 316 Å². The van der Waals surface area contributed by atoms with Crippen LogP contribution in [0.1, 0.15) is 152 Å². The average Bonchev–Trinajstić information content (AvgIpc) is 1.70. The second-order valence-corrected chi connectivity index (χ2v) is 35.0. The molecule has 14 aromatic rings. The number of benzene rings is 8. The molecule has 0 spiro atoms. The maximum atomic E-state index is 13.5. The predicted molar refractivity (Wildman–Crippen MR) is 524 cm³/mol. The van der Waals surface area contributed by atoms with Crippen molar-refractivity contribution in [1.29, 1.82) is 0 Å². The van der Waals surface area contributed by atoms with Crippen LogP contribution in [0.5, 0.6) is 11.5 Å². The fourth-order valence-corrected chi connectivity index (χ4v) is 20.4. The molecule has 4 aliphatic heterocycles. The molecule has 14 nitrogen and oxygen atoms in total. The first-order chi connectivity index (χ1) is 61.1. The summed E-state index contributed by atoms with van der Waals surface area (Å²) >= 11 is 0. The number of rotatable bonds is 18. The van der Waals surface area contributed by atoms with Crippen LogP contribution in [0.2, 0.25) is 0 Å². The Morgan fingerprint density at radius 3 is 0.622 bits per heavy atom. The van der Waals surface area contributed by atoms with E-state index in [-0.39, 0.29) is 26.4 Å². The fourth-order valence-electron chi connectivity index (χ4n) is 20.4. The second-order valence-electron chi connectivity index (χ2n) is 35.0. The molecule has 0 saturated heterocycles. The highest BCUT2D eigenvalue weighted by Crippen LogP contribution is 2.47. The van der Waals surface area contributed by atoms with Gasteiger partial charge in [0.15, 0.2) is 0 Å². The van der Waals surface area contributed by atoms with Gasteiger partial charge in [-0.2, -0.15) is 0 Å². The minimum Gasteiger partial charge on any atom is -0.490 e. The summed E-state index contributed by atoms with van der Waals surface area (Å²) in [5.41, 5.74) is 50.8. The van der Waals surface area contributed by atoms with Crippen LogP contribution in [0.15, 0.2) is 170 Å². The van der Waals surface area contributed by atoms with Crippen molar-refractivity contribution in [3.8, 4) is 101 Å². The molecule has 632 valence electrons. The van der Waals surface area contributed by atoms with Gasteiger partial charge in [0.05, 0.1) is 45.6 Å². The second kappa shape index (κ2) is 33.9. The number of carbonyl (C=O) groups excluding carboxylic acids is 2. The van der Waals surface area contributed by atoms with E-state index in [2.05, 4.69) is 327 Å². The molecule has 0 radical (unpaired) electrons. The molecule has 6 aromatic heterocycles. The van der Waals surface area contributed by atoms with E-state index >= 15 is 0 Å². The lowest BCUT2D eigenvalue weighted by molar-refractivity contribution is -0.155. The normalized spacial score (nSPS) is 12.1. The third-order valence-electron chi connectivity index (χ3n) is 24.8. The summed E-state index contributed by atoms with van der Waals surface area (Å²) in [5.74, 6) is -0.399. The molecule has 0 fully saturated rings. The van der Waals surface area contributed by atoms with E-state index in [4.69, 9.17) is 38.9 Å². The number of carbonyl (C=O) groups is 2. The number of hydrogen-bond acceptors (Lipinski definition) is 10. The number of H-pyrrole nitrogens is 4. The van der Waals surface area contributed by atoms with Gasteiger partial charge in [0.1, 0.15) is 44.3 Å². The van der Waals surface area contributed by atoms with Crippen LogP contribution in [0, 0.1) is 125 Å². The van der Waals surface area contributed by atoms with Crippen molar-refractivity contribution in [3.63, 3.8) is 0 Å². The van der Waals surface area contributed by atoms with Gasteiger partial charge in [-0.1, -0.05) is 130 Å². The highest BCUT2D eigenvalue weighted by molar-refractivity contribution is 6.05. The first-order valence-electron chi connectivity index (χ1n) is 43.7. The van der Waals surface area contributed by atoms with Crippen molar-refractivity contribution in [2.75, 3.05) is 26.4 Å². The molecule has 4 N–H and O–H groups in total. The van der Waals surface area contributed by atoms with Crippen molar-refractivity contribution in [1.82, 2.24) is 39.9 Å². The van der Waals surface area contributed by atoms with E-state index in [0.717, 1.165) is 223 Å². The number of nitrogens with zero attached hydrogens (tertiary/aromatic N) is 4. The summed E-state index contributed by atoms with van der Waals surface area (Å²) in [5, 5.41) is 0. The van der Waals surface area contributed by atoms with Crippen LogP contribution < -0.4 is 9.47 Å². The van der Waals surface area contributed by atoms with Crippen molar-refractivity contribution < 1.29 is 28.5 Å². The lowest BCUT2D eigenvalue weighted by atomic mass is 9.92. The molecule has 16 bridgehead atoms. The summed E-state index contributed by atoms with van der Waals surface area (Å²) in [7, 11) is 0. The van der Waals surface area contributed by atoms with E-state index in [1.165, 1.54) is 55.6 Å². The summed E-state index contributed by atoms with van der Waals surface area (Å²) in [6, 6.07) is 60.1. The largest absolute Gasteiger partial charge is 0.490 e. The molecule has 0 atom stereocenters. The Kier molecular flexibility index (Phi) is 22.2. The zero-order valence-electron chi connectivity index (χ0n) is 75.6. The van der Waals surface area contributed by atoms with Gasteiger partial charge in [-0.3, -0.25) is 9.59 Å². The molecular formula is C113H104N8O6. The number of aromatic amines is 4. The first-order valence-corrected chi connectivity index (χ1v) is 43.7. The number of esters is 2. The summed E-state index contributed by atoms with van der Waals surface area (Å²) in [6.45, 7) is 38.9. The molecule has 127 heavy (non-hydrogen) atoms. The maximum absolute atomic E-state index is 13.5. The van der Waals surface area contributed by atoms with Crippen LogP contribution in [0.25, 0.3) is 182 Å². The Balaban J connectivity index is 0.622. The Hall–Kier alpha value is -14.5. The average molecular weight is 1670 g/mol. The fraction of sp³-hybridized carbons (Fsp3) is 0.204. The Morgan fingerprint density at radius 1 is 0.228 bits per heavy atom. The van der Waals surface area contributed by atoms with Gasteiger partial charge in [0, 0.05) is 88.6 Å². The van der Waals surface area contributed by atoms with Crippen molar-refractivity contribution in [2.45, 2.75) is 131 Å². The quantitative estimate of drug-likeness (QED) is 0.0366. The Labute approximate surface area is 742 Å². The van der Waals surface area contributed by atoms with Gasteiger partial charge in [-0.05, 0) is 357 Å². The molecule has 0 unspecified atom stereocenters. The SMILES string of the molecule is Cc1cc(C)c(-c2c3nc(c(-c4c(C)cc(C)cc4C)c4ccc([nH]4)c(-c4c(C)cc(C)cc4C)c4nc(c(-c5cccc(OCCOC(=O)CC(=O)OCCOc6cccc(-c7c8nc(c(-c9c(C)cc(C)cc9C)c9ccc([nH]9)c(-c9c(C)cc(C)cc9C)c9nc(c(-c%10c(C)cc(C)cc%10C)c%10ccc7[nH]%10)C=C9)C=C8)c6)c5)c5ccc2[nH]5)C=C4)C=C3)c(C)c1. The number of ether oxygens (including phenoxy) is 4. The zero-order chi connectivity index (χ0) is 88.7. The zero-order valence-corrected chi connectivity index (χ0v) is 75.6. The number of aryl methyl sites for hydroxylation is 18. The minimum absolute atomic E-state index is 0.00955. The van der Waals surface area contributed by atoms with Crippen LogP contribution in [0.4, 0.5) is 0 Å². The van der Waals surface area contributed by atoms with Gasteiger partial charge < -0.3 is 38.9 Å². The molecule has 14 heteroatoms. The molecule has 4 aliphatic rings. The van der Waals surface area contributed by atoms with E-state index in [1.807, 2.05) is 36.4 Å². The summed E-state index contributed by atoms with van der Waals surface area (Å²) < 4.78 is 24.1. The van der Waals surface area contributed by atoms with Gasteiger partial charge in [-0.15, -0.1) is 0 Å². The van der Waals surface area contributed by atoms with Gasteiger partial charge in [-0.25, -0.2) is 19.9 Å². The highest BCUT2D eigenvalue weighted by atomic mass is 16.6. The van der Waals surface area contributed by atoms with E-state index < -0.39 is 18.4 Å². The molecule has 10 heterocycles. The Bertz CT molecular complexity index is 6820. The molecule has 0 saturated carbocycles. The van der Waals surface area contributed by atoms with Gasteiger partial charge >= 0.3 is 11.9 Å². The standard InChI is InChI=1S/C113H104N8O6/c1-60-45-66(7)100(67(8)46-60)108-86-29-25-82(114-86)106(83-26-30-87(115-83)109(101-68(9)47-61(2)48-69(101)10)91-34-38-95(119-91)112(94-37-33-90(108)118-94)104-74(15)53-64(5)54-75(104)16)78-21-19-23-80(57-78)124-41-43-126-98(122)59-99(123)127-44-42-125-81-24-20-22-79(58-81)107-84-27-31-88(116-84)110(102-70(11)49-62(3)50-71(102)12)92-35-39-96(120-92)113(105-76(17)55-65(6)56-77(105)18)97-40-36-93(121-97)111(89-32-28-85(107)117-89)103-72(13)51-63(4)52-73(103)14/h19-40,45-58,114,116,119,121H,41-44,59H2,1-18H3. The third kappa shape index (κ3) is 16.2. The minimum atomic E-state index is -0.744. The van der Waals surface area contributed by atoms with Gasteiger partial charge in [0.2, 0.25) is 0 Å². The van der Waals surface area contributed by atoms with Crippen LogP contribution in [-0.2, 0) is 19.1 Å². The summed E-state index contributed by atoms with van der Waals surface area (Å²) in [6.07, 6.45) is 16.5. The van der Waals surface area contributed by atoms with Crippen LogP contribution in [0.3, 0.4) is 0 Å². The Morgan fingerprint density at radius 2 is 0.417 bits per heavy atom. The number of nitrogens with one attached hydrogen (secondary N) is 4. The number of aromatic nitrogens is 8. The highest BCUT2D eigenvalue weighted by Gasteiger charge is 2.28. The molecule has 0 aliphatic carbocycles. The van der Waals surface area contributed by atoms with Crippen LogP contribution in [-0.4, -0.2) is 78.2 Å². The smallest absolute Gasteiger partial charge is 0.317 e. The third-order valence-corrected chi connectivity index (χ3v) is 24.8. The van der Waals surface area contributed by atoms with Crippen molar-refractivity contribution >= 4 is 105 Å². The molecule has 8 aromatic carbocycles. The number of hydrogen-bond donors (Lipinski definition) is 4.